The number of hydrogen-bond acceptors (Lipinski definition) is 4. The fourth-order valence-electron chi connectivity index (χ4n) is 1.87. The topological polar surface area (TPSA) is 70.9 Å². The Morgan fingerprint density at radius 3 is 2.87 bits per heavy atom. The first-order valence-corrected chi connectivity index (χ1v) is 7.53. The Bertz CT molecular complexity index is 717. The second kappa shape index (κ2) is 8.19. The third kappa shape index (κ3) is 4.72. The summed E-state index contributed by atoms with van der Waals surface area (Å²) < 4.78 is 5.64. The van der Waals surface area contributed by atoms with Crippen LogP contribution in [0.25, 0.3) is 0 Å². The number of para-hydroxylation sites is 1. The second-order valence-electron chi connectivity index (χ2n) is 4.76. The van der Waals surface area contributed by atoms with Crippen LogP contribution < -0.4 is 10.2 Å². The molecule has 0 spiro atoms. The standard InChI is InChI=1S/C17H17ClN2O3/c1-2-9-23-16-6-4-3-5-12(16)11-19-20-13-7-8-15(18)14(10-13)17(21)22/h3-8,10-11,20H,2,9H2,1H3,(H,21,22)/b19-11-. The SMILES string of the molecule is CCCOc1ccccc1/C=N\Nc1ccc(Cl)c(C(=O)O)c1. The molecule has 0 aromatic heterocycles. The van der Waals surface area contributed by atoms with Crippen molar-refractivity contribution < 1.29 is 14.6 Å². The van der Waals surface area contributed by atoms with Gasteiger partial charge in [-0.25, -0.2) is 4.79 Å². The normalized spacial score (nSPS) is 10.7. The molecule has 2 aromatic rings. The van der Waals surface area contributed by atoms with Gasteiger partial charge >= 0.3 is 5.97 Å². The molecule has 0 aliphatic rings. The van der Waals surface area contributed by atoms with Crippen LogP contribution in [-0.2, 0) is 0 Å². The molecular weight excluding hydrogens is 316 g/mol. The molecule has 0 aliphatic heterocycles. The number of carboxylic acids is 1. The predicted octanol–water partition coefficient (Wildman–Crippen LogP) is 4.27. The first kappa shape index (κ1) is 16.8. The van der Waals surface area contributed by atoms with Crippen LogP contribution >= 0.6 is 11.6 Å². The van der Waals surface area contributed by atoms with Gasteiger partial charge in [-0.3, -0.25) is 5.43 Å². The van der Waals surface area contributed by atoms with Gasteiger partial charge in [0.1, 0.15) is 5.75 Å². The molecule has 23 heavy (non-hydrogen) atoms. The number of hydrazone groups is 1. The minimum atomic E-state index is -1.08. The third-order valence-electron chi connectivity index (χ3n) is 2.97. The number of nitrogens with zero attached hydrogens (tertiary/aromatic N) is 1. The first-order chi connectivity index (χ1) is 11.1. The Kier molecular flexibility index (Phi) is 6.00. The highest BCUT2D eigenvalue weighted by Crippen LogP contribution is 2.21. The van der Waals surface area contributed by atoms with Gasteiger partial charge in [-0.15, -0.1) is 0 Å². The van der Waals surface area contributed by atoms with Crippen LogP contribution in [0.4, 0.5) is 5.69 Å². The summed E-state index contributed by atoms with van der Waals surface area (Å²) in [4.78, 5) is 11.0. The summed E-state index contributed by atoms with van der Waals surface area (Å²) in [6.07, 6.45) is 2.55. The molecule has 0 radical (unpaired) electrons. The molecule has 0 unspecified atom stereocenters. The quantitative estimate of drug-likeness (QED) is 0.586. The number of halogens is 1. The molecule has 0 saturated heterocycles. The average molecular weight is 333 g/mol. The van der Waals surface area contributed by atoms with Crippen molar-refractivity contribution in [3.8, 4) is 5.75 Å². The summed E-state index contributed by atoms with van der Waals surface area (Å²) in [5.74, 6) is -0.330. The largest absolute Gasteiger partial charge is 0.493 e. The van der Waals surface area contributed by atoms with Gasteiger partial charge in [-0.1, -0.05) is 30.7 Å². The highest BCUT2D eigenvalue weighted by atomic mass is 35.5. The van der Waals surface area contributed by atoms with Gasteiger partial charge < -0.3 is 9.84 Å². The van der Waals surface area contributed by atoms with Crippen LogP contribution in [0.1, 0.15) is 29.3 Å². The zero-order valence-electron chi connectivity index (χ0n) is 12.6. The monoisotopic (exact) mass is 332 g/mol. The third-order valence-corrected chi connectivity index (χ3v) is 3.30. The van der Waals surface area contributed by atoms with E-state index in [-0.39, 0.29) is 10.6 Å². The summed E-state index contributed by atoms with van der Waals surface area (Å²) in [5, 5.41) is 13.4. The molecule has 0 amide bonds. The lowest BCUT2D eigenvalue weighted by molar-refractivity contribution is 0.0697. The number of anilines is 1. The van der Waals surface area contributed by atoms with Crippen LogP contribution in [0.15, 0.2) is 47.6 Å². The van der Waals surface area contributed by atoms with Crippen molar-refractivity contribution >= 4 is 29.5 Å². The van der Waals surface area contributed by atoms with Crippen molar-refractivity contribution in [2.24, 2.45) is 5.10 Å². The van der Waals surface area contributed by atoms with E-state index in [1.165, 1.54) is 12.1 Å². The molecule has 0 saturated carbocycles. The van der Waals surface area contributed by atoms with Crippen LogP contribution in [-0.4, -0.2) is 23.9 Å². The Morgan fingerprint density at radius 2 is 2.13 bits per heavy atom. The zero-order chi connectivity index (χ0) is 16.7. The molecule has 120 valence electrons. The van der Waals surface area contributed by atoms with E-state index >= 15 is 0 Å². The summed E-state index contributed by atoms with van der Waals surface area (Å²) in [5.41, 5.74) is 4.19. The second-order valence-corrected chi connectivity index (χ2v) is 5.16. The summed E-state index contributed by atoms with van der Waals surface area (Å²) >= 11 is 5.83. The van der Waals surface area contributed by atoms with Crippen LogP contribution in [0.3, 0.4) is 0 Å². The lowest BCUT2D eigenvalue weighted by Gasteiger charge is -2.07. The number of aromatic carboxylic acids is 1. The number of carbonyl (C=O) groups is 1. The van der Waals surface area contributed by atoms with Gasteiger partial charge in [0.05, 0.1) is 29.1 Å². The molecule has 2 aromatic carbocycles. The number of ether oxygens (including phenoxy) is 1. The van der Waals surface area contributed by atoms with Gasteiger partial charge in [0.2, 0.25) is 0 Å². The maximum Gasteiger partial charge on any atom is 0.337 e. The van der Waals surface area contributed by atoms with E-state index < -0.39 is 5.97 Å². The van der Waals surface area contributed by atoms with Gasteiger partial charge in [0.25, 0.3) is 0 Å². The van der Waals surface area contributed by atoms with E-state index in [9.17, 15) is 4.79 Å². The van der Waals surface area contributed by atoms with Crippen molar-refractivity contribution in [1.29, 1.82) is 0 Å². The minimum absolute atomic E-state index is 0.0264. The number of hydrogen-bond donors (Lipinski definition) is 2. The maximum absolute atomic E-state index is 11.0. The summed E-state index contributed by atoms with van der Waals surface area (Å²) in [7, 11) is 0. The molecule has 2 rings (SSSR count). The highest BCUT2D eigenvalue weighted by molar-refractivity contribution is 6.33. The number of nitrogens with one attached hydrogen (secondary N) is 1. The van der Waals surface area contributed by atoms with Gasteiger partial charge in [0.15, 0.2) is 0 Å². The van der Waals surface area contributed by atoms with Crippen molar-refractivity contribution in [2.45, 2.75) is 13.3 Å². The molecule has 0 atom stereocenters. The van der Waals surface area contributed by atoms with E-state index in [4.69, 9.17) is 21.4 Å². The Balaban J connectivity index is 2.10. The number of carboxylic acid groups (broad SMARTS) is 1. The summed E-state index contributed by atoms with van der Waals surface area (Å²) in [6, 6.07) is 12.2. The van der Waals surface area contributed by atoms with E-state index in [1.54, 1.807) is 12.3 Å². The fourth-order valence-corrected chi connectivity index (χ4v) is 2.06. The molecule has 2 N–H and O–H groups in total. The fraction of sp³-hybridized carbons (Fsp3) is 0.176. The maximum atomic E-state index is 11.0. The Morgan fingerprint density at radius 1 is 1.35 bits per heavy atom. The lowest BCUT2D eigenvalue weighted by atomic mass is 10.2. The Hall–Kier alpha value is -2.53. The van der Waals surface area contributed by atoms with Crippen molar-refractivity contribution in [1.82, 2.24) is 0 Å². The van der Waals surface area contributed by atoms with Crippen molar-refractivity contribution in [3.63, 3.8) is 0 Å². The zero-order valence-corrected chi connectivity index (χ0v) is 13.4. The minimum Gasteiger partial charge on any atom is -0.493 e. The molecule has 5 nitrogen and oxygen atoms in total. The molecule has 0 fully saturated rings. The Labute approximate surface area is 139 Å². The molecule has 0 aliphatic carbocycles. The van der Waals surface area contributed by atoms with E-state index in [0.29, 0.717) is 12.3 Å². The van der Waals surface area contributed by atoms with Gasteiger partial charge in [-0.05, 0) is 36.8 Å². The lowest BCUT2D eigenvalue weighted by Crippen LogP contribution is -2.00. The predicted molar refractivity (Wildman–Crippen MR) is 91.9 cm³/mol. The molecule has 0 bridgehead atoms. The van der Waals surface area contributed by atoms with Crippen LogP contribution in [0.5, 0.6) is 5.75 Å². The summed E-state index contributed by atoms with van der Waals surface area (Å²) in [6.45, 7) is 2.68. The van der Waals surface area contributed by atoms with E-state index in [2.05, 4.69) is 10.5 Å². The van der Waals surface area contributed by atoms with Gasteiger partial charge in [0, 0.05) is 5.56 Å². The number of rotatable bonds is 7. The smallest absolute Gasteiger partial charge is 0.337 e. The van der Waals surface area contributed by atoms with Crippen molar-refractivity contribution in [2.75, 3.05) is 12.0 Å². The first-order valence-electron chi connectivity index (χ1n) is 7.15. The molecule has 6 heteroatoms. The number of benzene rings is 2. The highest BCUT2D eigenvalue weighted by Gasteiger charge is 2.08. The van der Waals surface area contributed by atoms with Crippen LogP contribution in [0, 0.1) is 0 Å². The van der Waals surface area contributed by atoms with E-state index in [0.717, 1.165) is 17.7 Å². The van der Waals surface area contributed by atoms with E-state index in [1.807, 2.05) is 31.2 Å². The van der Waals surface area contributed by atoms with Crippen LogP contribution in [0.2, 0.25) is 5.02 Å². The van der Waals surface area contributed by atoms with Crippen molar-refractivity contribution in [3.05, 3.63) is 58.6 Å². The van der Waals surface area contributed by atoms with Gasteiger partial charge in [-0.2, -0.15) is 5.10 Å². The average Bonchev–Trinajstić information content (AvgIpc) is 2.55. The molecular formula is C17H17ClN2O3. The molecule has 0 heterocycles.